The number of carbonyl (C=O) groups is 2. The summed E-state index contributed by atoms with van der Waals surface area (Å²) in [7, 11) is 0. The summed E-state index contributed by atoms with van der Waals surface area (Å²) < 4.78 is 11.4. The highest BCUT2D eigenvalue weighted by atomic mass is 16.5. The Labute approximate surface area is 186 Å². The van der Waals surface area contributed by atoms with Crippen molar-refractivity contribution in [1.82, 2.24) is 5.32 Å². The van der Waals surface area contributed by atoms with Gasteiger partial charge in [-0.3, -0.25) is 9.59 Å². The van der Waals surface area contributed by atoms with Gasteiger partial charge in [0.25, 0.3) is 5.91 Å². The highest BCUT2D eigenvalue weighted by molar-refractivity contribution is 5.98. The molecule has 32 heavy (non-hydrogen) atoms. The van der Waals surface area contributed by atoms with E-state index in [0.29, 0.717) is 5.76 Å². The third-order valence-corrected chi connectivity index (χ3v) is 5.07. The van der Waals surface area contributed by atoms with Crippen LogP contribution in [-0.4, -0.2) is 18.4 Å². The molecule has 0 saturated heterocycles. The number of hydrogen-bond acceptors (Lipinski definition) is 4. The fourth-order valence-electron chi connectivity index (χ4n) is 3.38. The second-order valence-corrected chi connectivity index (χ2v) is 7.31. The molecule has 2 N–H and O–H groups in total. The van der Waals surface area contributed by atoms with E-state index in [0.717, 1.165) is 34.2 Å². The summed E-state index contributed by atoms with van der Waals surface area (Å²) in [5.74, 6) is 0.607. The quantitative estimate of drug-likeness (QED) is 0.416. The summed E-state index contributed by atoms with van der Waals surface area (Å²) in [6, 6.07) is 24.7. The Kier molecular flexibility index (Phi) is 6.51. The number of benzene rings is 3. The van der Waals surface area contributed by atoms with Crippen molar-refractivity contribution in [2.24, 2.45) is 0 Å². The zero-order valence-electron chi connectivity index (χ0n) is 17.8. The maximum Gasteiger partial charge on any atom is 0.287 e. The molecule has 1 aromatic heterocycles. The van der Waals surface area contributed by atoms with Crippen LogP contribution in [0.25, 0.3) is 10.8 Å². The summed E-state index contributed by atoms with van der Waals surface area (Å²) >= 11 is 0. The Bertz CT molecular complexity index is 1250. The summed E-state index contributed by atoms with van der Waals surface area (Å²) in [5, 5.41) is 7.62. The van der Waals surface area contributed by atoms with Crippen molar-refractivity contribution in [3.63, 3.8) is 0 Å². The molecule has 1 heterocycles. The second kappa shape index (κ2) is 9.83. The van der Waals surface area contributed by atoms with Crippen LogP contribution in [0.15, 0.2) is 83.3 Å². The Morgan fingerprint density at radius 2 is 1.69 bits per heavy atom. The molecule has 4 rings (SSSR count). The standard InChI is InChI=1S/C26H24N2O4/c1-2-18-7-5-6-10-23(18)28-25(29)16-27-26(30)24-14-13-22(32-24)17-31-21-12-11-19-8-3-4-9-20(19)15-21/h3-15H,2,16-17H2,1H3,(H,27,30)(H,28,29). The summed E-state index contributed by atoms with van der Waals surface area (Å²) in [6.45, 7) is 2.06. The Hall–Kier alpha value is -4.06. The van der Waals surface area contributed by atoms with Gasteiger partial charge in [-0.05, 0) is 53.1 Å². The van der Waals surface area contributed by atoms with E-state index in [-0.39, 0.29) is 24.8 Å². The van der Waals surface area contributed by atoms with Crippen LogP contribution in [-0.2, 0) is 17.8 Å². The predicted octanol–water partition coefficient (Wildman–Crippen LogP) is 4.94. The van der Waals surface area contributed by atoms with Gasteiger partial charge in [0.2, 0.25) is 5.91 Å². The lowest BCUT2D eigenvalue weighted by atomic mass is 10.1. The van der Waals surface area contributed by atoms with Gasteiger partial charge in [0, 0.05) is 5.69 Å². The topological polar surface area (TPSA) is 80.6 Å². The molecule has 0 unspecified atom stereocenters. The molecule has 4 aromatic rings. The Balaban J connectivity index is 1.28. The van der Waals surface area contributed by atoms with E-state index >= 15 is 0 Å². The number of carbonyl (C=O) groups excluding carboxylic acids is 2. The molecule has 162 valence electrons. The van der Waals surface area contributed by atoms with Crippen LogP contribution in [0, 0.1) is 0 Å². The van der Waals surface area contributed by atoms with Gasteiger partial charge >= 0.3 is 0 Å². The predicted molar refractivity (Wildman–Crippen MR) is 124 cm³/mol. The normalized spacial score (nSPS) is 10.7. The number of ether oxygens (including phenoxy) is 1. The lowest BCUT2D eigenvalue weighted by Crippen LogP contribution is -2.32. The number of aryl methyl sites for hydroxylation is 1. The largest absolute Gasteiger partial charge is 0.486 e. The number of amides is 2. The first-order valence-corrected chi connectivity index (χ1v) is 10.5. The Morgan fingerprint density at radius 1 is 0.906 bits per heavy atom. The molecule has 6 heteroatoms. The minimum atomic E-state index is -0.458. The monoisotopic (exact) mass is 428 g/mol. The molecule has 0 saturated carbocycles. The van der Waals surface area contributed by atoms with E-state index in [1.54, 1.807) is 12.1 Å². The van der Waals surface area contributed by atoms with Crippen molar-refractivity contribution in [3.05, 3.63) is 95.9 Å². The molecule has 2 amide bonds. The van der Waals surface area contributed by atoms with Gasteiger partial charge in [-0.25, -0.2) is 0 Å². The van der Waals surface area contributed by atoms with E-state index in [9.17, 15) is 9.59 Å². The van der Waals surface area contributed by atoms with Crippen LogP contribution >= 0.6 is 0 Å². The van der Waals surface area contributed by atoms with Gasteiger partial charge in [0.05, 0.1) is 6.54 Å². The van der Waals surface area contributed by atoms with Crippen LogP contribution in [0.3, 0.4) is 0 Å². The van der Waals surface area contributed by atoms with E-state index < -0.39 is 5.91 Å². The average molecular weight is 428 g/mol. The van der Waals surface area contributed by atoms with Gasteiger partial charge in [0.15, 0.2) is 5.76 Å². The lowest BCUT2D eigenvalue weighted by molar-refractivity contribution is -0.115. The van der Waals surface area contributed by atoms with E-state index in [2.05, 4.69) is 10.6 Å². The van der Waals surface area contributed by atoms with Crippen molar-refractivity contribution in [2.75, 3.05) is 11.9 Å². The van der Waals surface area contributed by atoms with Crippen LogP contribution in [0.4, 0.5) is 5.69 Å². The molecule has 0 bridgehead atoms. The molecular weight excluding hydrogens is 404 g/mol. The van der Waals surface area contributed by atoms with Crippen LogP contribution in [0.2, 0.25) is 0 Å². The molecule has 0 atom stereocenters. The fraction of sp³-hybridized carbons (Fsp3) is 0.154. The summed E-state index contributed by atoms with van der Waals surface area (Å²) in [5.41, 5.74) is 1.79. The molecule has 3 aromatic carbocycles. The van der Waals surface area contributed by atoms with Crippen molar-refractivity contribution in [3.8, 4) is 5.75 Å². The maximum atomic E-state index is 12.3. The average Bonchev–Trinajstić information content (AvgIpc) is 3.30. The number of hydrogen-bond donors (Lipinski definition) is 2. The smallest absolute Gasteiger partial charge is 0.287 e. The van der Waals surface area contributed by atoms with Crippen LogP contribution < -0.4 is 15.4 Å². The van der Waals surface area contributed by atoms with Gasteiger partial charge in [-0.2, -0.15) is 0 Å². The van der Waals surface area contributed by atoms with Crippen molar-refractivity contribution < 1.29 is 18.7 Å². The SMILES string of the molecule is CCc1ccccc1NC(=O)CNC(=O)c1ccc(COc2ccc3ccccc3c2)o1. The second-order valence-electron chi connectivity index (χ2n) is 7.31. The number of rotatable bonds is 8. The van der Waals surface area contributed by atoms with Gasteiger partial charge in [-0.15, -0.1) is 0 Å². The molecule has 0 spiro atoms. The van der Waals surface area contributed by atoms with Crippen molar-refractivity contribution in [2.45, 2.75) is 20.0 Å². The zero-order chi connectivity index (χ0) is 22.3. The van der Waals surface area contributed by atoms with E-state index in [1.807, 2.05) is 73.7 Å². The number of para-hydroxylation sites is 1. The molecule has 0 aliphatic rings. The number of fused-ring (bicyclic) bond motifs is 1. The number of furan rings is 1. The highest BCUT2D eigenvalue weighted by Crippen LogP contribution is 2.22. The molecule has 0 aliphatic heterocycles. The molecule has 0 aliphatic carbocycles. The van der Waals surface area contributed by atoms with Crippen LogP contribution in [0.5, 0.6) is 5.75 Å². The van der Waals surface area contributed by atoms with Gasteiger partial charge in [0.1, 0.15) is 18.1 Å². The van der Waals surface area contributed by atoms with Crippen LogP contribution in [0.1, 0.15) is 28.8 Å². The molecule has 0 radical (unpaired) electrons. The third kappa shape index (κ3) is 5.16. The fourth-order valence-corrected chi connectivity index (χ4v) is 3.38. The number of nitrogens with one attached hydrogen (secondary N) is 2. The first kappa shape index (κ1) is 21.2. The lowest BCUT2D eigenvalue weighted by Gasteiger charge is -2.10. The van der Waals surface area contributed by atoms with Gasteiger partial charge < -0.3 is 19.8 Å². The minimum Gasteiger partial charge on any atom is -0.486 e. The Morgan fingerprint density at radius 3 is 2.53 bits per heavy atom. The van der Waals surface area contributed by atoms with E-state index in [1.165, 1.54) is 0 Å². The highest BCUT2D eigenvalue weighted by Gasteiger charge is 2.13. The number of anilines is 1. The maximum absolute atomic E-state index is 12.3. The molecular formula is C26H24N2O4. The molecule has 0 fully saturated rings. The summed E-state index contributed by atoms with van der Waals surface area (Å²) in [4.78, 5) is 24.5. The van der Waals surface area contributed by atoms with E-state index in [4.69, 9.17) is 9.15 Å². The zero-order valence-corrected chi connectivity index (χ0v) is 17.8. The van der Waals surface area contributed by atoms with Gasteiger partial charge in [-0.1, -0.05) is 55.5 Å². The third-order valence-electron chi connectivity index (χ3n) is 5.07. The van der Waals surface area contributed by atoms with Crippen molar-refractivity contribution in [1.29, 1.82) is 0 Å². The minimum absolute atomic E-state index is 0.129. The summed E-state index contributed by atoms with van der Waals surface area (Å²) in [6.07, 6.45) is 0.805. The van der Waals surface area contributed by atoms with Crippen molar-refractivity contribution >= 4 is 28.3 Å². The molecule has 6 nitrogen and oxygen atoms in total. The first-order valence-electron chi connectivity index (χ1n) is 10.5. The first-order chi connectivity index (χ1) is 15.6.